The maximum absolute atomic E-state index is 4.82. The number of hydrogen-bond acceptors (Lipinski definition) is 9. The molecule has 0 spiro atoms. The van der Waals surface area contributed by atoms with Crippen LogP contribution in [0.25, 0.3) is 42.2 Å². The summed E-state index contributed by atoms with van der Waals surface area (Å²) in [7, 11) is 0. The lowest BCUT2D eigenvalue weighted by Gasteiger charge is -2.40. The number of rotatable bonds is 4. The molecule has 0 N–H and O–H groups in total. The Labute approximate surface area is 239 Å². The van der Waals surface area contributed by atoms with E-state index >= 15 is 0 Å². The van der Waals surface area contributed by atoms with E-state index < -0.39 is 0 Å². The molecule has 8 nitrogen and oxygen atoms in total. The molecule has 7 aromatic rings. The zero-order valence-electron chi connectivity index (χ0n) is 22.1. The lowest BCUT2D eigenvalue weighted by Crippen LogP contribution is -2.45. The molecular formula is C32H24N8S. The number of hydrogen-bond donors (Lipinski definition) is 0. The minimum Gasteiger partial charge on any atom is -0.369 e. The van der Waals surface area contributed by atoms with Gasteiger partial charge in [-0.1, -0.05) is 47.7 Å². The molecular weight excluding hydrogens is 528 g/mol. The summed E-state index contributed by atoms with van der Waals surface area (Å²) in [6, 6.07) is 20.8. The number of nitrogens with zero attached hydrogens (tertiary/aromatic N) is 8. The second-order valence-electron chi connectivity index (χ2n) is 11.0. The molecule has 9 heteroatoms. The fraction of sp³-hybridized carbons (Fsp3) is 0.188. The Bertz CT molecular complexity index is 1960. The SMILES string of the molecule is c1ccc2nc(C3CN(c4cnc5sc6ncc(N7CC(c8ncc9ccccc9n8)C7)cc6c5c4)C3)ncc2c1. The molecule has 2 aliphatic heterocycles. The van der Waals surface area contributed by atoms with Gasteiger partial charge in [-0.15, -0.1) is 0 Å². The second kappa shape index (κ2) is 8.87. The van der Waals surface area contributed by atoms with Gasteiger partial charge in [-0.25, -0.2) is 29.9 Å². The van der Waals surface area contributed by atoms with Crippen LogP contribution in [0.2, 0.25) is 0 Å². The predicted molar refractivity (Wildman–Crippen MR) is 164 cm³/mol. The Morgan fingerprint density at radius 2 is 1.02 bits per heavy atom. The number of benzene rings is 2. The molecule has 2 aromatic carbocycles. The first kappa shape index (κ1) is 23.0. The standard InChI is InChI=1S/C32H24N8S/c1-3-7-27-19(5-1)11-33-29(37-27)21-15-39(16-21)23-9-25-26-10-24(14-36-32(26)41-31(25)35-13-23)40-17-22(18-40)30-34-12-20-6-2-4-8-28(20)38-30/h1-14,21-22H,15-18H2. The Kier molecular flexibility index (Phi) is 4.98. The third-order valence-corrected chi connectivity index (χ3v) is 9.43. The van der Waals surface area contributed by atoms with E-state index in [2.05, 4.69) is 56.2 Å². The molecule has 2 aliphatic rings. The average Bonchev–Trinajstić information content (AvgIpc) is 3.33. The van der Waals surface area contributed by atoms with Gasteiger partial charge in [-0.2, -0.15) is 0 Å². The van der Waals surface area contributed by atoms with E-state index in [-0.39, 0.29) is 0 Å². The van der Waals surface area contributed by atoms with Crippen LogP contribution in [-0.2, 0) is 0 Å². The van der Waals surface area contributed by atoms with Crippen molar-refractivity contribution in [3.63, 3.8) is 0 Å². The topological polar surface area (TPSA) is 83.8 Å². The van der Waals surface area contributed by atoms with E-state index in [1.807, 2.05) is 49.1 Å². The minimum atomic E-state index is 0.328. The Balaban J connectivity index is 0.947. The fourth-order valence-corrected chi connectivity index (χ4v) is 6.89. The van der Waals surface area contributed by atoms with Crippen LogP contribution in [0, 0.1) is 0 Å². The number of aromatic nitrogens is 6. The average molecular weight is 553 g/mol. The Morgan fingerprint density at radius 1 is 0.561 bits per heavy atom. The third-order valence-electron chi connectivity index (χ3n) is 8.40. The zero-order chi connectivity index (χ0) is 26.9. The molecule has 0 unspecified atom stereocenters. The van der Waals surface area contributed by atoms with Gasteiger partial charge in [0.2, 0.25) is 0 Å². The molecule has 2 saturated heterocycles. The maximum atomic E-state index is 4.82. The summed E-state index contributed by atoms with van der Waals surface area (Å²) in [5, 5.41) is 4.49. The Morgan fingerprint density at radius 3 is 1.51 bits per heavy atom. The highest BCUT2D eigenvalue weighted by atomic mass is 32.1. The van der Waals surface area contributed by atoms with Crippen molar-refractivity contribution in [3.8, 4) is 0 Å². The summed E-state index contributed by atoms with van der Waals surface area (Å²) in [6.07, 6.45) is 7.84. The summed E-state index contributed by atoms with van der Waals surface area (Å²) in [5.41, 5.74) is 4.28. The van der Waals surface area contributed by atoms with E-state index in [4.69, 9.17) is 19.9 Å². The zero-order valence-corrected chi connectivity index (χ0v) is 22.9. The molecule has 9 rings (SSSR count). The number of anilines is 2. The minimum absolute atomic E-state index is 0.328. The van der Waals surface area contributed by atoms with Crippen LogP contribution in [0.3, 0.4) is 0 Å². The van der Waals surface area contributed by atoms with Gasteiger partial charge in [-0.05, 0) is 24.3 Å². The fourth-order valence-electron chi connectivity index (χ4n) is 5.94. The van der Waals surface area contributed by atoms with Crippen LogP contribution >= 0.6 is 11.3 Å². The Hall–Kier alpha value is -4.76. The van der Waals surface area contributed by atoms with E-state index in [1.165, 1.54) is 0 Å². The lowest BCUT2D eigenvalue weighted by molar-refractivity contribution is 0.502. The summed E-state index contributed by atoms with van der Waals surface area (Å²) >= 11 is 1.65. The summed E-state index contributed by atoms with van der Waals surface area (Å²) in [4.78, 5) is 35.3. The molecule has 7 heterocycles. The van der Waals surface area contributed by atoms with Crippen molar-refractivity contribution >= 4 is 65.0 Å². The highest BCUT2D eigenvalue weighted by Gasteiger charge is 2.32. The highest BCUT2D eigenvalue weighted by Crippen LogP contribution is 2.39. The largest absolute Gasteiger partial charge is 0.369 e. The molecule has 198 valence electrons. The van der Waals surface area contributed by atoms with Gasteiger partial charge in [0.1, 0.15) is 21.3 Å². The molecule has 0 bridgehead atoms. The summed E-state index contributed by atoms with van der Waals surface area (Å²) in [5.74, 6) is 2.50. The molecule has 0 atom stereocenters. The van der Waals surface area contributed by atoms with E-state index in [0.717, 1.165) is 91.4 Å². The monoisotopic (exact) mass is 552 g/mol. The van der Waals surface area contributed by atoms with Gasteiger partial charge >= 0.3 is 0 Å². The van der Waals surface area contributed by atoms with Crippen molar-refractivity contribution < 1.29 is 0 Å². The van der Waals surface area contributed by atoms with Crippen molar-refractivity contribution in [2.75, 3.05) is 36.0 Å². The van der Waals surface area contributed by atoms with E-state index in [0.29, 0.717) is 11.8 Å². The summed E-state index contributed by atoms with van der Waals surface area (Å²) in [6.45, 7) is 3.57. The smallest absolute Gasteiger partial charge is 0.135 e. The number of pyridine rings is 2. The third kappa shape index (κ3) is 3.80. The normalized spacial score (nSPS) is 16.1. The first-order valence-corrected chi connectivity index (χ1v) is 14.7. The first-order valence-electron chi connectivity index (χ1n) is 13.9. The molecule has 0 aliphatic carbocycles. The molecule has 0 amide bonds. The molecule has 41 heavy (non-hydrogen) atoms. The number of thiophene rings is 1. The van der Waals surface area contributed by atoms with Gasteiger partial charge in [0, 0.05) is 60.1 Å². The second-order valence-corrected chi connectivity index (χ2v) is 11.9. The van der Waals surface area contributed by atoms with Crippen LogP contribution in [0.1, 0.15) is 23.5 Å². The molecule has 5 aromatic heterocycles. The van der Waals surface area contributed by atoms with E-state index in [1.54, 1.807) is 11.3 Å². The van der Waals surface area contributed by atoms with Crippen molar-refractivity contribution in [2.45, 2.75) is 11.8 Å². The predicted octanol–water partition coefficient (Wildman–Crippen LogP) is 5.94. The maximum Gasteiger partial charge on any atom is 0.135 e. The first-order chi connectivity index (χ1) is 20.2. The van der Waals surface area contributed by atoms with Crippen molar-refractivity contribution in [1.29, 1.82) is 0 Å². The quantitative estimate of drug-likeness (QED) is 0.265. The summed E-state index contributed by atoms with van der Waals surface area (Å²) < 4.78 is 0. The highest BCUT2D eigenvalue weighted by molar-refractivity contribution is 7.25. The van der Waals surface area contributed by atoms with Crippen molar-refractivity contribution in [3.05, 3.63) is 97.1 Å². The van der Waals surface area contributed by atoms with Crippen LogP contribution in [-0.4, -0.2) is 56.1 Å². The van der Waals surface area contributed by atoms with Crippen LogP contribution < -0.4 is 9.80 Å². The number of para-hydroxylation sites is 2. The van der Waals surface area contributed by atoms with Gasteiger partial charge in [0.25, 0.3) is 0 Å². The lowest BCUT2D eigenvalue weighted by atomic mass is 9.97. The van der Waals surface area contributed by atoms with Crippen LogP contribution in [0.5, 0.6) is 0 Å². The van der Waals surface area contributed by atoms with Gasteiger partial charge in [-0.3, -0.25) is 0 Å². The molecule has 0 saturated carbocycles. The molecule has 2 fully saturated rings. The van der Waals surface area contributed by atoms with Crippen molar-refractivity contribution in [2.24, 2.45) is 0 Å². The van der Waals surface area contributed by atoms with Crippen LogP contribution in [0.4, 0.5) is 11.4 Å². The van der Waals surface area contributed by atoms with Crippen molar-refractivity contribution in [1.82, 2.24) is 29.9 Å². The number of fused-ring (bicyclic) bond motifs is 5. The van der Waals surface area contributed by atoms with Crippen LogP contribution in [0.15, 0.2) is 85.5 Å². The van der Waals surface area contributed by atoms with Gasteiger partial charge < -0.3 is 9.80 Å². The van der Waals surface area contributed by atoms with E-state index in [9.17, 15) is 0 Å². The van der Waals surface area contributed by atoms with Gasteiger partial charge in [0.15, 0.2) is 0 Å². The van der Waals surface area contributed by atoms with Gasteiger partial charge in [0.05, 0.1) is 46.6 Å². The molecule has 0 radical (unpaired) electrons.